The number of aromatic nitrogens is 6. The first kappa shape index (κ1) is 27.0. The van der Waals surface area contributed by atoms with Crippen molar-refractivity contribution >= 4 is 5.91 Å². The molecule has 0 aliphatic rings. The summed E-state index contributed by atoms with van der Waals surface area (Å²) in [7, 11) is 1.62. The monoisotopic (exact) mass is 535 g/mol. The van der Waals surface area contributed by atoms with Crippen molar-refractivity contribution in [3.05, 3.63) is 96.1 Å². The summed E-state index contributed by atoms with van der Waals surface area (Å²) < 4.78 is 7.10. The van der Waals surface area contributed by atoms with Gasteiger partial charge in [-0.25, -0.2) is 4.98 Å². The van der Waals surface area contributed by atoms with Crippen molar-refractivity contribution in [1.29, 1.82) is 0 Å². The Hall–Kier alpha value is -4.63. The fourth-order valence-corrected chi connectivity index (χ4v) is 4.70. The third-order valence-electron chi connectivity index (χ3n) is 6.84. The lowest BCUT2D eigenvalue weighted by Crippen LogP contribution is -2.29. The van der Waals surface area contributed by atoms with Crippen LogP contribution < -0.4 is 5.32 Å². The second-order valence-corrected chi connectivity index (χ2v) is 9.56. The molecule has 0 atom stereocenters. The van der Waals surface area contributed by atoms with E-state index in [2.05, 4.69) is 86.4 Å². The van der Waals surface area contributed by atoms with E-state index >= 15 is 0 Å². The zero-order valence-electron chi connectivity index (χ0n) is 22.8. The number of amides is 1. The number of aromatic amines is 1. The second kappa shape index (κ2) is 12.9. The summed E-state index contributed by atoms with van der Waals surface area (Å²) in [5.74, 6) is 1.31. The molecule has 2 N–H and O–H groups in total. The standard InChI is InChI=1S/C31H33N7O2/c1-3-4-10-29-33-20-28(31(39)32-17-18-40-2)38(29)21-22-11-13-24(14-12-22)27-19-25(23-8-6-5-7-9-23)15-16-26(27)30-34-36-37-35-30/h5-9,11-16,19-20H,3-4,10,17-18,21H2,1-2H3,(H,32,39)(H,34,35,36,37). The normalized spacial score (nSPS) is 11.1. The molecule has 2 heterocycles. The number of unbranched alkanes of at least 4 members (excludes halogenated alkanes) is 1. The molecule has 204 valence electrons. The van der Waals surface area contributed by atoms with E-state index in [0.717, 1.165) is 58.5 Å². The number of carbonyl (C=O) groups excluding carboxylic acids is 1. The molecule has 0 spiro atoms. The lowest BCUT2D eigenvalue weighted by molar-refractivity contribution is 0.0928. The molecule has 0 radical (unpaired) electrons. The van der Waals surface area contributed by atoms with Crippen LogP contribution in [0.25, 0.3) is 33.6 Å². The van der Waals surface area contributed by atoms with Gasteiger partial charge in [-0.05, 0) is 51.6 Å². The van der Waals surface area contributed by atoms with Gasteiger partial charge in [0.2, 0.25) is 5.82 Å². The van der Waals surface area contributed by atoms with Gasteiger partial charge < -0.3 is 14.6 Å². The first-order chi connectivity index (χ1) is 19.7. The summed E-state index contributed by atoms with van der Waals surface area (Å²) in [6.07, 6.45) is 4.56. The zero-order chi connectivity index (χ0) is 27.7. The van der Waals surface area contributed by atoms with E-state index in [1.165, 1.54) is 0 Å². The molecule has 0 aliphatic heterocycles. The Labute approximate surface area is 233 Å². The van der Waals surface area contributed by atoms with Gasteiger partial charge in [0.25, 0.3) is 5.91 Å². The molecule has 5 rings (SSSR count). The molecule has 9 nitrogen and oxygen atoms in total. The van der Waals surface area contributed by atoms with Crippen molar-refractivity contribution in [3.8, 4) is 33.6 Å². The summed E-state index contributed by atoms with van der Waals surface area (Å²) in [4.78, 5) is 17.5. The Morgan fingerprint density at radius 3 is 2.50 bits per heavy atom. The molecule has 0 bridgehead atoms. The highest BCUT2D eigenvalue weighted by atomic mass is 16.5. The number of methoxy groups -OCH3 is 1. The van der Waals surface area contributed by atoms with Gasteiger partial charge in [0.05, 0.1) is 12.8 Å². The van der Waals surface area contributed by atoms with Gasteiger partial charge in [-0.15, -0.1) is 10.2 Å². The Morgan fingerprint density at radius 2 is 1.77 bits per heavy atom. The van der Waals surface area contributed by atoms with E-state index in [4.69, 9.17) is 4.74 Å². The molecule has 0 aliphatic carbocycles. The van der Waals surface area contributed by atoms with E-state index in [-0.39, 0.29) is 5.91 Å². The average molecular weight is 536 g/mol. The Bertz CT molecular complexity index is 1530. The Morgan fingerprint density at radius 1 is 0.975 bits per heavy atom. The number of imidazole rings is 1. The summed E-state index contributed by atoms with van der Waals surface area (Å²) in [6, 6.07) is 25.0. The van der Waals surface area contributed by atoms with Crippen LogP contribution in [0.5, 0.6) is 0 Å². The molecule has 5 aromatic rings. The van der Waals surface area contributed by atoms with Crippen LogP contribution in [0.3, 0.4) is 0 Å². The number of rotatable bonds is 12. The van der Waals surface area contributed by atoms with Gasteiger partial charge in [-0.2, -0.15) is 5.21 Å². The van der Waals surface area contributed by atoms with Gasteiger partial charge in [0.1, 0.15) is 11.5 Å². The Kier molecular flexibility index (Phi) is 8.73. The van der Waals surface area contributed by atoms with Crippen molar-refractivity contribution in [2.45, 2.75) is 32.7 Å². The number of benzene rings is 3. The minimum absolute atomic E-state index is 0.147. The fraction of sp³-hybridized carbons (Fsp3) is 0.258. The molecule has 40 heavy (non-hydrogen) atoms. The molecule has 3 aromatic carbocycles. The minimum atomic E-state index is -0.147. The van der Waals surface area contributed by atoms with Gasteiger partial charge >= 0.3 is 0 Å². The van der Waals surface area contributed by atoms with E-state index in [1.807, 2.05) is 28.8 Å². The number of ether oxygens (including phenoxy) is 1. The quantitative estimate of drug-likeness (QED) is 0.213. The van der Waals surface area contributed by atoms with Crippen LogP contribution in [-0.2, 0) is 17.7 Å². The molecular formula is C31H33N7O2. The minimum Gasteiger partial charge on any atom is -0.383 e. The third kappa shape index (κ3) is 6.16. The van der Waals surface area contributed by atoms with E-state index in [0.29, 0.717) is 31.2 Å². The summed E-state index contributed by atoms with van der Waals surface area (Å²) in [5.41, 5.74) is 6.82. The first-order valence-corrected chi connectivity index (χ1v) is 13.5. The van der Waals surface area contributed by atoms with Crippen LogP contribution in [0.4, 0.5) is 0 Å². The van der Waals surface area contributed by atoms with Crippen molar-refractivity contribution in [2.24, 2.45) is 0 Å². The number of carbonyl (C=O) groups is 1. The maximum Gasteiger partial charge on any atom is 0.269 e. The molecule has 2 aromatic heterocycles. The number of nitrogens with one attached hydrogen (secondary N) is 2. The van der Waals surface area contributed by atoms with Crippen LogP contribution >= 0.6 is 0 Å². The maximum atomic E-state index is 12.9. The van der Waals surface area contributed by atoms with Crippen LogP contribution in [0.2, 0.25) is 0 Å². The lowest BCUT2D eigenvalue weighted by Gasteiger charge is -2.14. The van der Waals surface area contributed by atoms with E-state index in [1.54, 1.807) is 13.3 Å². The number of nitrogens with zero attached hydrogens (tertiary/aromatic N) is 5. The number of hydrogen-bond acceptors (Lipinski definition) is 6. The Balaban J connectivity index is 1.45. The molecular weight excluding hydrogens is 502 g/mol. The van der Waals surface area contributed by atoms with E-state index < -0.39 is 0 Å². The predicted molar refractivity (Wildman–Crippen MR) is 155 cm³/mol. The van der Waals surface area contributed by atoms with Gasteiger partial charge in [-0.3, -0.25) is 4.79 Å². The fourth-order valence-electron chi connectivity index (χ4n) is 4.70. The number of H-pyrrole nitrogens is 1. The van der Waals surface area contributed by atoms with Crippen LogP contribution in [0.1, 0.15) is 41.6 Å². The highest BCUT2D eigenvalue weighted by Gasteiger charge is 2.17. The van der Waals surface area contributed by atoms with Gasteiger partial charge in [0.15, 0.2) is 0 Å². The highest BCUT2D eigenvalue weighted by molar-refractivity contribution is 5.92. The van der Waals surface area contributed by atoms with Crippen molar-refractivity contribution in [1.82, 2.24) is 35.5 Å². The second-order valence-electron chi connectivity index (χ2n) is 9.56. The molecule has 0 fully saturated rings. The van der Waals surface area contributed by atoms with Crippen LogP contribution in [-0.4, -0.2) is 56.3 Å². The summed E-state index contributed by atoms with van der Waals surface area (Å²) in [6.45, 7) is 3.61. The summed E-state index contributed by atoms with van der Waals surface area (Å²) >= 11 is 0. The smallest absolute Gasteiger partial charge is 0.269 e. The topological polar surface area (TPSA) is 111 Å². The van der Waals surface area contributed by atoms with Crippen molar-refractivity contribution in [3.63, 3.8) is 0 Å². The van der Waals surface area contributed by atoms with Crippen LogP contribution in [0.15, 0.2) is 79.0 Å². The first-order valence-electron chi connectivity index (χ1n) is 13.5. The van der Waals surface area contributed by atoms with E-state index in [9.17, 15) is 4.79 Å². The third-order valence-corrected chi connectivity index (χ3v) is 6.84. The van der Waals surface area contributed by atoms with Crippen molar-refractivity contribution < 1.29 is 9.53 Å². The highest BCUT2D eigenvalue weighted by Crippen LogP contribution is 2.34. The van der Waals surface area contributed by atoms with Crippen LogP contribution in [0, 0.1) is 0 Å². The van der Waals surface area contributed by atoms with Gasteiger partial charge in [-0.1, -0.05) is 74.0 Å². The molecule has 0 unspecified atom stereocenters. The lowest BCUT2D eigenvalue weighted by atomic mass is 9.93. The molecule has 9 heteroatoms. The maximum absolute atomic E-state index is 12.9. The number of hydrogen-bond donors (Lipinski definition) is 2. The van der Waals surface area contributed by atoms with Crippen molar-refractivity contribution in [2.75, 3.05) is 20.3 Å². The number of aryl methyl sites for hydroxylation is 1. The van der Waals surface area contributed by atoms with Gasteiger partial charge in [0, 0.05) is 32.2 Å². The average Bonchev–Trinajstić information content (AvgIpc) is 3.67. The predicted octanol–water partition coefficient (Wildman–Crippen LogP) is 5.16. The molecule has 0 saturated heterocycles. The zero-order valence-corrected chi connectivity index (χ0v) is 22.8. The largest absolute Gasteiger partial charge is 0.383 e. The molecule has 0 saturated carbocycles. The molecule has 1 amide bonds. The number of tetrazole rings is 1. The SMILES string of the molecule is CCCCc1ncc(C(=O)NCCOC)n1Cc1ccc(-c2cc(-c3ccccc3)ccc2-c2nn[nH]n2)cc1. The summed E-state index contributed by atoms with van der Waals surface area (Å²) in [5, 5.41) is 17.7.